The van der Waals surface area contributed by atoms with Gasteiger partial charge in [-0.2, -0.15) is 10.2 Å². The van der Waals surface area contributed by atoms with Crippen LogP contribution in [0.1, 0.15) is 53.5 Å². The van der Waals surface area contributed by atoms with Crippen molar-refractivity contribution in [1.29, 1.82) is 0 Å². The molecule has 2 aromatic heterocycles. The molecular formula is C22H25F2N5O. The molecule has 4 rings (SSSR count). The first-order chi connectivity index (χ1) is 14.3. The predicted octanol–water partition coefficient (Wildman–Crippen LogP) is 3.63. The molecule has 0 aliphatic heterocycles. The Hall–Kier alpha value is -3.03. The lowest BCUT2D eigenvalue weighted by molar-refractivity contribution is -0.121. The van der Waals surface area contributed by atoms with E-state index in [4.69, 9.17) is 0 Å². The van der Waals surface area contributed by atoms with Crippen LogP contribution in [-0.2, 0) is 24.7 Å². The van der Waals surface area contributed by atoms with Gasteiger partial charge in [0.2, 0.25) is 5.91 Å². The molecule has 1 aliphatic rings. The van der Waals surface area contributed by atoms with Crippen LogP contribution in [0.2, 0.25) is 0 Å². The first-order valence-corrected chi connectivity index (χ1v) is 10.2. The van der Waals surface area contributed by atoms with E-state index in [1.54, 1.807) is 6.20 Å². The van der Waals surface area contributed by atoms with E-state index in [0.29, 0.717) is 12.8 Å². The quantitative estimate of drug-likeness (QED) is 0.695. The van der Waals surface area contributed by atoms with Gasteiger partial charge in [-0.05, 0) is 57.2 Å². The van der Waals surface area contributed by atoms with Gasteiger partial charge in [0.25, 0.3) is 0 Å². The zero-order valence-corrected chi connectivity index (χ0v) is 17.4. The molecule has 0 unspecified atom stereocenters. The monoisotopic (exact) mass is 413 g/mol. The molecule has 2 heterocycles. The molecule has 30 heavy (non-hydrogen) atoms. The molecule has 0 spiro atoms. The van der Waals surface area contributed by atoms with Crippen molar-refractivity contribution >= 4 is 5.91 Å². The fourth-order valence-corrected chi connectivity index (χ4v) is 4.25. The van der Waals surface area contributed by atoms with Gasteiger partial charge in [-0.15, -0.1) is 0 Å². The molecule has 1 atom stereocenters. The normalized spacial score (nSPS) is 15.8. The number of aromatic nitrogens is 4. The summed E-state index contributed by atoms with van der Waals surface area (Å²) in [5.74, 6) is -1.31. The lowest BCUT2D eigenvalue weighted by atomic mass is 9.92. The Morgan fingerprint density at radius 1 is 1.30 bits per heavy atom. The summed E-state index contributed by atoms with van der Waals surface area (Å²) in [4.78, 5) is 12.6. The number of aryl methyl sites for hydroxylation is 2. The molecule has 158 valence electrons. The van der Waals surface area contributed by atoms with E-state index in [2.05, 4.69) is 15.5 Å². The van der Waals surface area contributed by atoms with Gasteiger partial charge in [0.1, 0.15) is 11.5 Å². The number of nitrogens with one attached hydrogen (secondary N) is 1. The van der Waals surface area contributed by atoms with Crippen molar-refractivity contribution in [2.24, 2.45) is 7.05 Å². The van der Waals surface area contributed by atoms with Crippen LogP contribution in [0.3, 0.4) is 0 Å². The smallest absolute Gasteiger partial charge is 0.220 e. The summed E-state index contributed by atoms with van der Waals surface area (Å²) in [6, 6.07) is 3.30. The summed E-state index contributed by atoms with van der Waals surface area (Å²) in [5, 5.41) is 11.8. The minimum absolute atomic E-state index is 0.0313. The molecule has 6 nitrogen and oxygen atoms in total. The Labute approximate surface area is 173 Å². The maximum Gasteiger partial charge on any atom is 0.220 e. The first kappa shape index (κ1) is 20.3. The Morgan fingerprint density at radius 3 is 2.80 bits per heavy atom. The second kappa shape index (κ2) is 8.01. The highest BCUT2D eigenvalue weighted by Crippen LogP contribution is 2.31. The van der Waals surface area contributed by atoms with Crippen molar-refractivity contribution in [3.05, 3.63) is 64.2 Å². The van der Waals surface area contributed by atoms with Gasteiger partial charge in [-0.1, -0.05) is 0 Å². The highest BCUT2D eigenvalue weighted by Gasteiger charge is 2.27. The molecule has 8 heteroatoms. The first-order valence-electron chi connectivity index (χ1n) is 10.2. The van der Waals surface area contributed by atoms with E-state index in [0.717, 1.165) is 53.5 Å². The number of carbonyl (C=O) groups excluding carboxylic acids is 1. The van der Waals surface area contributed by atoms with Crippen LogP contribution in [0.25, 0.3) is 5.69 Å². The number of nitrogens with zero attached hydrogens (tertiary/aromatic N) is 4. The number of fused-ring (bicyclic) bond motifs is 1. The number of rotatable bonds is 5. The standard InChI is InChI=1S/C22H25F2N5O/c1-13-16(14(2)28(3)27-13)8-10-22(30)26-19-5-4-6-20-17(19)12-25-29(20)21-9-7-15(23)11-18(21)24/h7,9,11-12,19H,4-6,8,10H2,1-3H3,(H,26,30)/t19-/m0/s1. The molecular weight excluding hydrogens is 388 g/mol. The summed E-state index contributed by atoms with van der Waals surface area (Å²) in [7, 11) is 1.90. The highest BCUT2D eigenvalue weighted by molar-refractivity contribution is 5.77. The summed E-state index contributed by atoms with van der Waals surface area (Å²) in [6.45, 7) is 3.96. The van der Waals surface area contributed by atoms with Crippen molar-refractivity contribution in [3.8, 4) is 5.69 Å². The molecule has 0 bridgehead atoms. The van der Waals surface area contributed by atoms with E-state index < -0.39 is 11.6 Å². The lowest BCUT2D eigenvalue weighted by Gasteiger charge is -2.24. The number of halogens is 2. The van der Waals surface area contributed by atoms with Crippen molar-refractivity contribution in [2.75, 3.05) is 0 Å². The van der Waals surface area contributed by atoms with Gasteiger partial charge in [0.05, 0.1) is 17.9 Å². The van der Waals surface area contributed by atoms with Crippen LogP contribution in [0.5, 0.6) is 0 Å². The Balaban J connectivity index is 1.48. The largest absolute Gasteiger partial charge is 0.349 e. The Bertz CT molecular complexity index is 1100. The zero-order chi connectivity index (χ0) is 21.4. The minimum atomic E-state index is -0.658. The summed E-state index contributed by atoms with van der Waals surface area (Å²) < 4.78 is 30.9. The average Bonchev–Trinajstić information content (AvgIpc) is 3.22. The molecule has 0 fully saturated rings. The number of benzene rings is 1. The number of amides is 1. The topological polar surface area (TPSA) is 64.7 Å². The summed E-state index contributed by atoms with van der Waals surface area (Å²) in [5.41, 5.74) is 5.10. The second-order valence-corrected chi connectivity index (χ2v) is 7.84. The molecule has 0 saturated carbocycles. The van der Waals surface area contributed by atoms with Crippen molar-refractivity contribution in [3.63, 3.8) is 0 Å². The number of hydrogen-bond donors (Lipinski definition) is 1. The van der Waals surface area contributed by atoms with E-state index in [9.17, 15) is 13.6 Å². The van der Waals surface area contributed by atoms with Crippen LogP contribution >= 0.6 is 0 Å². The van der Waals surface area contributed by atoms with Gasteiger partial charge in [-0.3, -0.25) is 9.48 Å². The molecule has 1 aliphatic carbocycles. The van der Waals surface area contributed by atoms with Gasteiger partial charge < -0.3 is 5.32 Å². The third-order valence-electron chi connectivity index (χ3n) is 5.92. The van der Waals surface area contributed by atoms with Crippen LogP contribution in [0.15, 0.2) is 24.4 Å². The average molecular weight is 413 g/mol. The van der Waals surface area contributed by atoms with Crippen LogP contribution in [0.4, 0.5) is 8.78 Å². The van der Waals surface area contributed by atoms with E-state index in [1.807, 2.05) is 25.6 Å². The SMILES string of the molecule is Cc1nn(C)c(C)c1CCC(=O)N[C@H]1CCCc2c1cnn2-c1ccc(F)cc1F. The second-order valence-electron chi connectivity index (χ2n) is 7.84. The van der Waals surface area contributed by atoms with Crippen LogP contribution < -0.4 is 5.32 Å². The fourth-order valence-electron chi connectivity index (χ4n) is 4.25. The Kier molecular flexibility index (Phi) is 5.40. The van der Waals surface area contributed by atoms with Crippen molar-refractivity contribution < 1.29 is 13.6 Å². The highest BCUT2D eigenvalue weighted by atomic mass is 19.1. The van der Waals surface area contributed by atoms with E-state index >= 15 is 0 Å². The number of hydrogen-bond acceptors (Lipinski definition) is 3. The predicted molar refractivity (Wildman–Crippen MR) is 108 cm³/mol. The zero-order valence-electron chi connectivity index (χ0n) is 17.4. The minimum Gasteiger partial charge on any atom is -0.349 e. The van der Waals surface area contributed by atoms with E-state index in [1.165, 1.54) is 16.8 Å². The van der Waals surface area contributed by atoms with Crippen LogP contribution in [0, 0.1) is 25.5 Å². The molecule has 0 radical (unpaired) electrons. The molecule has 0 saturated heterocycles. The molecule has 3 aromatic rings. The van der Waals surface area contributed by atoms with Gasteiger partial charge >= 0.3 is 0 Å². The maximum absolute atomic E-state index is 14.2. The summed E-state index contributed by atoms with van der Waals surface area (Å²) in [6.07, 6.45) is 5.08. The fraction of sp³-hybridized carbons (Fsp3) is 0.409. The maximum atomic E-state index is 14.2. The number of carbonyl (C=O) groups is 1. The summed E-state index contributed by atoms with van der Waals surface area (Å²) >= 11 is 0. The third kappa shape index (κ3) is 3.74. The third-order valence-corrected chi connectivity index (χ3v) is 5.92. The molecule has 1 aromatic carbocycles. The van der Waals surface area contributed by atoms with Crippen molar-refractivity contribution in [1.82, 2.24) is 24.9 Å². The molecule has 1 N–H and O–H groups in total. The lowest BCUT2D eigenvalue weighted by Crippen LogP contribution is -2.31. The Morgan fingerprint density at radius 2 is 2.10 bits per heavy atom. The van der Waals surface area contributed by atoms with Gasteiger partial charge in [0, 0.05) is 36.5 Å². The van der Waals surface area contributed by atoms with E-state index in [-0.39, 0.29) is 17.6 Å². The van der Waals surface area contributed by atoms with Crippen LogP contribution in [-0.4, -0.2) is 25.5 Å². The van der Waals surface area contributed by atoms with Gasteiger partial charge in [-0.25, -0.2) is 13.5 Å². The van der Waals surface area contributed by atoms with Crippen molar-refractivity contribution in [2.45, 2.75) is 52.0 Å². The molecule has 1 amide bonds. The van der Waals surface area contributed by atoms with Gasteiger partial charge in [0.15, 0.2) is 5.82 Å².